The van der Waals surface area contributed by atoms with Crippen molar-refractivity contribution in [3.8, 4) is 0 Å². The van der Waals surface area contributed by atoms with Gasteiger partial charge in [0.25, 0.3) is 0 Å². The first kappa shape index (κ1) is 13.4. The Kier molecular flexibility index (Phi) is 4.61. The van der Waals surface area contributed by atoms with Crippen LogP contribution in [0.3, 0.4) is 0 Å². The fourth-order valence-electron chi connectivity index (χ4n) is 2.19. The van der Waals surface area contributed by atoms with E-state index in [9.17, 15) is 4.79 Å². The lowest BCUT2D eigenvalue weighted by molar-refractivity contribution is -0.127. The molecule has 1 saturated heterocycles. The smallest absolute Gasteiger partial charge is 0.222 e. The van der Waals surface area contributed by atoms with Gasteiger partial charge < -0.3 is 10.2 Å². The SMILES string of the molecule is CC(CN1CCCC1=O)NCc1ccc(Cl)cc1. The van der Waals surface area contributed by atoms with Crippen LogP contribution in [0.2, 0.25) is 5.02 Å². The first-order valence-electron chi connectivity index (χ1n) is 6.41. The summed E-state index contributed by atoms with van der Waals surface area (Å²) in [4.78, 5) is 13.4. The van der Waals surface area contributed by atoms with Crippen LogP contribution in [0.25, 0.3) is 0 Å². The first-order valence-corrected chi connectivity index (χ1v) is 6.78. The Hall–Kier alpha value is -1.06. The van der Waals surface area contributed by atoms with E-state index in [1.807, 2.05) is 29.2 Å². The lowest BCUT2D eigenvalue weighted by atomic mass is 10.2. The quantitative estimate of drug-likeness (QED) is 0.888. The van der Waals surface area contributed by atoms with Crippen molar-refractivity contribution in [2.45, 2.75) is 32.4 Å². The third-order valence-electron chi connectivity index (χ3n) is 3.23. The molecule has 4 heteroatoms. The van der Waals surface area contributed by atoms with Gasteiger partial charge in [0, 0.05) is 37.1 Å². The lowest BCUT2D eigenvalue weighted by Gasteiger charge is -2.21. The van der Waals surface area contributed by atoms with Gasteiger partial charge in [-0.05, 0) is 31.0 Å². The topological polar surface area (TPSA) is 32.3 Å². The lowest BCUT2D eigenvalue weighted by Crippen LogP contribution is -2.39. The molecule has 0 aromatic heterocycles. The standard InChI is InChI=1S/C14H19ClN2O/c1-11(10-17-8-2-3-14(17)18)16-9-12-4-6-13(15)7-5-12/h4-7,11,16H,2-3,8-10H2,1H3. The molecule has 0 spiro atoms. The molecule has 1 aromatic carbocycles. The number of nitrogens with one attached hydrogen (secondary N) is 1. The average molecular weight is 267 g/mol. The third kappa shape index (κ3) is 3.72. The molecule has 1 N–H and O–H groups in total. The zero-order chi connectivity index (χ0) is 13.0. The van der Waals surface area contributed by atoms with Crippen LogP contribution in [0, 0.1) is 0 Å². The Bertz CT molecular complexity index is 405. The number of hydrogen-bond donors (Lipinski definition) is 1. The Labute approximate surface area is 113 Å². The predicted molar refractivity (Wildman–Crippen MR) is 73.6 cm³/mol. The molecule has 1 atom stereocenters. The third-order valence-corrected chi connectivity index (χ3v) is 3.49. The molecule has 0 radical (unpaired) electrons. The number of likely N-dealkylation sites (tertiary alicyclic amines) is 1. The molecular weight excluding hydrogens is 248 g/mol. The van der Waals surface area contributed by atoms with Gasteiger partial charge in [-0.2, -0.15) is 0 Å². The average Bonchev–Trinajstić information content (AvgIpc) is 2.74. The molecule has 1 fully saturated rings. The van der Waals surface area contributed by atoms with Gasteiger partial charge in [-0.25, -0.2) is 0 Å². The van der Waals surface area contributed by atoms with Gasteiger partial charge in [0.1, 0.15) is 0 Å². The molecular formula is C14H19ClN2O. The second kappa shape index (κ2) is 6.21. The van der Waals surface area contributed by atoms with Crippen molar-refractivity contribution in [2.24, 2.45) is 0 Å². The molecule has 18 heavy (non-hydrogen) atoms. The zero-order valence-electron chi connectivity index (χ0n) is 10.7. The van der Waals surface area contributed by atoms with Crippen molar-refractivity contribution in [2.75, 3.05) is 13.1 Å². The van der Waals surface area contributed by atoms with Crippen LogP contribution < -0.4 is 5.32 Å². The molecule has 1 aliphatic rings. The first-order chi connectivity index (χ1) is 8.65. The molecule has 3 nitrogen and oxygen atoms in total. The van der Waals surface area contributed by atoms with E-state index in [2.05, 4.69) is 12.2 Å². The van der Waals surface area contributed by atoms with Crippen LogP contribution in [-0.2, 0) is 11.3 Å². The minimum Gasteiger partial charge on any atom is -0.341 e. The number of nitrogens with zero attached hydrogens (tertiary/aromatic N) is 1. The molecule has 98 valence electrons. The number of halogens is 1. The highest BCUT2D eigenvalue weighted by atomic mass is 35.5. The summed E-state index contributed by atoms with van der Waals surface area (Å²) < 4.78 is 0. The van der Waals surface area contributed by atoms with Crippen LogP contribution in [-0.4, -0.2) is 29.9 Å². The highest BCUT2D eigenvalue weighted by Crippen LogP contribution is 2.11. The molecule has 1 amide bonds. The highest BCUT2D eigenvalue weighted by molar-refractivity contribution is 6.30. The van der Waals surface area contributed by atoms with E-state index in [0.29, 0.717) is 12.5 Å². The fourth-order valence-corrected chi connectivity index (χ4v) is 2.31. The summed E-state index contributed by atoms with van der Waals surface area (Å²) in [5, 5.41) is 4.19. The summed E-state index contributed by atoms with van der Waals surface area (Å²) in [5.41, 5.74) is 1.21. The summed E-state index contributed by atoms with van der Waals surface area (Å²) in [7, 11) is 0. The van der Waals surface area contributed by atoms with E-state index in [1.54, 1.807) is 0 Å². The van der Waals surface area contributed by atoms with E-state index in [-0.39, 0.29) is 5.91 Å². The fraction of sp³-hybridized carbons (Fsp3) is 0.500. The minimum atomic E-state index is 0.287. The maximum atomic E-state index is 11.5. The Morgan fingerprint density at radius 1 is 1.39 bits per heavy atom. The van der Waals surface area contributed by atoms with Gasteiger partial charge in [-0.3, -0.25) is 4.79 Å². The maximum Gasteiger partial charge on any atom is 0.222 e. The predicted octanol–water partition coefficient (Wildman–Crippen LogP) is 2.44. The van der Waals surface area contributed by atoms with Gasteiger partial charge in [0.2, 0.25) is 5.91 Å². The Morgan fingerprint density at radius 3 is 2.72 bits per heavy atom. The zero-order valence-corrected chi connectivity index (χ0v) is 11.4. The van der Waals surface area contributed by atoms with Crippen molar-refractivity contribution < 1.29 is 4.79 Å². The van der Waals surface area contributed by atoms with Crippen molar-refractivity contribution in [3.63, 3.8) is 0 Å². The van der Waals surface area contributed by atoms with Gasteiger partial charge in [-0.1, -0.05) is 23.7 Å². The van der Waals surface area contributed by atoms with Crippen molar-refractivity contribution in [1.29, 1.82) is 0 Å². The number of rotatable bonds is 5. The molecule has 1 aliphatic heterocycles. The molecule has 0 saturated carbocycles. The molecule has 0 bridgehead atoms. The molecule has 1 aromatic rings. The van der Waals surface area contributed by atoms with E-state index in [4.69, 9.17) is 11.6 Å². The molecule has 1 unspecified atom stereocenters. The van der Waals surface area contributed by atoms with Gasteiger partial charge in [0.05, 0.1) is 0 Å². The minimum absolute atomic E-state index is 0.287. The van der Waals surface area contributed by atoms with Gasteiger partial charge in [0.15, 0.2) is 0 Å². The Balaban J connectivity index is 1.76. The number of hydrogen-bond acceptors (Lipinski definition) is 2. The van der Waals surface area contributed by atoms with E-state index in [0.717, 1.165) is 31.1 Å². The number of carbonyl (C=O) groups excluding carboxylic acids is 1. The second-order valence-electron chi connectivity index (χ2n) is 4.85. The number of carbonyl (C=O) groups is 1. The molecule has 0 aliphatic carbocycles. The van der Waals surface area contributed by atoms with Crippen LogP contribution in [0.4, 0.5) is 0 Å². The van der Waals surface area contributed by atoms with E-state index < -0.39 is 0 Å². The maximum absolute atomic E-state index is 11.5. The number of amides is 1. The van der Waals surface area contributed by atoms with Gasteiger partial charge in [-0.15, -0.1) is 0 Å². The summed E-state index contributed by atoms with van der Waals surface area (Å²) in [6, 6.07) is 8.13. The number of benzene rings is 1. The largest absolute Gasteiger partial charge is 0.341 e. The summed E-state index contributed by atoms with van der Waals surface area (Å²) in [5.74, 6) is 0.287. The second-order valence-corrected chi connectivity index (χ2v) is 5.29. The summed E-state index contributed by atoms with van der Waals surface area (Å²) in [6.45, 7) is 4.63. The van der Waals surface area contributed by atoms with Crippen molar-refractivity contribution in [3.05, 3.63) is 34.9 Å². The van der Waals surface area contributed by atoms with Crippen LogP contribution >= 0.6 is 11.6 Å². The van der Waals surface area contributed by atoms with Crippen LogP contribution in [0.5, 0.6) is 0 Å². The highest BCUT2D eigenvalue weighted by Gasteiger charge is 2.21. The van der Waals surface area contributed by atoms with Crippen molar-refractivity contribution >= 4 is 17.5 Å². The Morgan fingerprint density at radius 2 is 2.11 bits per heavy atom. The van der Waals surface area contributed by atoms with E-state index >= 15 is 0 Å². The van der Waals surface area contributed by atoms with Crippen molar-refractivity contribution in [1.82, 2.24) is 10.2 Å². The molecule has 2 rings (SSSR count). The molecule has 1 heterocycles. The van der Waals surface area contributed by atoms with Crippen LogP contribution in [0.1, 0.15) is 25.3 Å². The normalized spacial score (nSPS) is 17.2. The summed E-state index contributed by atoms with van der Waals surface area (Å²) >= 11 is 5.84. The summed E-state index contributed by atoms with van der Waals surface area (Å²) in [6.07, 6.45) is 1.71. The van der Waals surface area contributed by atoms with Gasteiger partial charge >= 0.3 is 0 Å². The monoisotopic (exact) mass is 266 g/mol. The van der Waals surface area contributed by atoms with E-state index in [1.165, 1.54) is 5.56 Å². The van der Waals surface area contributed by atoms with Crippen LogP contribution in [0.15, 0.2) is 24.3 Å².